The van der Waals surface area contributed by atoms with Gasteiger partial charge in [0, 0.05) is 3.57 Å². The number of halogens is 1. The normalized spacial score (nSPS) is 15.1. The van der Waals surface area contributed by atoms with Crippen LogP contribution in [0.15, 0.2) is 18.2 Å². The van der Waals surface area contributed by atoms with E-state index in [0.29, 0.717) is 11.3 Å². The molecule has 4 nitrogen and oxygen atoms in total. The molecule has 0 saturated heterocycles. The van der Waals surface area contributed by atoms with Crippen molar-refractivity contribution in [1.82, 2.24) is 0 Å². The fourth-order valence-corrected chi connectivity index (χ4v) is 1.99. The summed E-state index contributed by atoms with van der Waals surface area (Å²) in [4.78, 5) is 22.5. The smallest absolute Gasteiger partial charge is 0.283 e. The van der Waals surface area contributed by atoms with Gasteiger partial charge in [-0.2, -0.15) is 0 Å². The van der Waals surface area contributed by atoms with E-state index in [1.807, 2.05) is 22.6 Å². The number of benzene rings is 1. The number of anilines is 1. The second-order valence-electron chi connectivity index (χ2n) is 2.64. The Hall–Kier alpha value is -0.950. The molecule has 0 atom stereocenters. The minimum atomic E-state index is -0.667. The lowest BCUT2D eigenvalue weighted by Gasteiger charge is -2.07. The predicted molar refractivity (Wildman–Crippen MR) is 55.2 cm³/mol. The molecule has 0 spiro atoms. The molecule has 5 heteroatoms. The van der Waals surface area contributed by atoms with Crippen LogP contribution in [0.2, 0.25) is 0 Å². The van der Waals surface area contributed by atoms with E-state index in [0.717, 1.165) is 8.58 Å². The van der Waals surface area contributed by atoms with Crippen LogP contribution in [0.4, 0.5) is 5.69 Å². The second kappa shape index (κ2) is 2.78. The number of ketones is 1. The summed E-state index contributed by atoms with van der Waals surface area (Å²) in [7, 11) is 0. The first-order valence-corrected chi connectivity index (χ1v) is 4.63. The summed E-state index contributed by atoms with van der Waals surface area (Å²) in [6.45, 7) is 0. The van der Waals surface area contributed by atoms with Crippen LogP contribution < -0.4 is 10.9 Å². The Morgan fingerprint density at radius 1 is 1.31 bits per heavy atom. The van der Waals surface area contributed by atoms with Crippen LogP contribution in [0.25, 0.3) is 0 Å². The van der Waals surface area contributed by atoms with E-state index in [2.05, 4.69) is 0 Å². The maximum atomic E-state index is 11.4. The molecule has 1 aromatic carbocycles. The lowest BCUT2D eigenvalue weighted by Crippen LogP contribution is -2.35. The first-order valence-electron chi connectivity index (χ1n) is 3.55. The van der Waals surface area contributed by atoms with Crippen molar-refractivity contribution in [3.05, 3.63) is 27.3 Å². The van der Waals surface area contributed by atoms with E-state index in [1.165, 1.54) is 0 Å². The zero-order valence-electron chi connectivity index (χ0n) is 6.45. The van der Waals surface area contributed by atoms with Gasteiger partial charge in [-0.15, -0.1) is 0 Å². The van der Waals surface area contributed by atoms with Gasteiger partial charge in [0.05, 0.1) is 11.3 Å². The van der Waals surface area contributed by atoms with Gasteiger partial charge in [-0.05, 0) is 34.7 Å². The molecule has 0 unspecified atom stereocenters. The Morgan fingerprint density at radius 3 is 2.62 bits per heavy atom. The molecule has 0 aromatic heterocycles. The summed E-state index contributed by atoms with van der Waals surface area (Å²) in [5, 5.41) is 0.889. The third kappa shape index (κ3) is 1.07. The molecule has 1 aliphatic rings. The number of rotatable bonds is 0. The van der Waals surface area contributed by atoms with Crippen LogP contribution in [0.1, 0.15) is 10.4 Å². The first-order chi connectivity index (χ1) is 6.13. The summed E-state index contributed by atoms with van der Waals surface area (Å²) in [5.41, 5.74) is 0.900. The molecule has 0 saturated carbocycles. The van der Waals surface area contributed by atoms with Gasteiger partial charge < -0.3 is 0 Å². The number of hydrazine groups is 1. The van der Waals surface area contributed by atoms with E-state index in [1.54, 1.807) is 18.2 Å². The standard InChI is InChI=1S/C8H5IN2O2/c9-4-2-1-3-5-6(4)7(12)8(13)11(5)10/h1-3H,10H2. The highest BCUT2D eigenvalue weighted by Crippen LogP contribution is 2.29. The van der Waals surface area contributed by atoms with E-state index in [9.17, 15) is 9.59 Å². The Morgan fingerprint density at radius 2 is 2.00 bits per heavy atom. The molecule has 2 N–H and O–H groups in total. The zero-order valence-corrected chi connectivity index (χ0v) is 8.61. The summed E-state index contributed by atoms with van der Waals surface area (Å²) in [6, 6.07) is 5.18. The average Bonchev–Trinajstić information content (AvgIpc) is 2.33. The largest absolute Gasteiger partial charge is 0.313 e. The van der Waals surface area contributed by atoms with Gasteiger partial charge in [-0.1, -0.05) is 6.07 Å². The number of carbonyl (C=O) groups is 2. The average molecular weight is 288 g/mol. The Kier molecular flexibility index (Phi) is 1.85. The number of fused-ring (bicyclic) bond motifs is 1. The highest BCUT2D eigenvalue weighted by atomic mass is 127. The van der Waals surface area contributed by atoms with E-state index < -0.39 is 11.7 Å². The Labute approximate surface area is 87.8 Å². The first kappa shape index (κ1) is 8.64. The molecule has 0 bridgehead atoms. The quantitative estimate of drug-likeness (QED) is 0.331. The van der Waals surface area contributed by atoms with Gasteiger partial charge in [0.15, 0.2) is 0 Å². The summed E-state index contributed by atoms with van der Waals surface area (Å²) >= 11 is 2.01. The number of Topliss-reactive ketones (excluding diaryl/α,β-unsaturated/α-hetero) is 1. The molecule has 1 aromatic rings. The molecule has 2 rings (SSSR count). The minimum absolute atomic E-state index is 0.413. The molecule has 0 aliphatic carbocycles. The highest BCUT2D eigenvalue weighted by molar-refractivity contribution is 14.1. The monoisotopic (exact) mass is 288 g/mol. The third-order valence-corrected chi connectivity index (χ3v) is 2.79. The van der Waals surface area contributed by atoms with Crippen molar-refractivity contribution >= 4 is 40.0 Å². The molecule has 1 heterocycles. The summed E-state index contributed by atoms with van der Waals surface area (Å²) in [6.07, 6.45) is 0. The molecule has 1 aliphatic heterocycles. The predicted octanol–water partition coefficient (Wildman–Crippen LogP) is 0.694. The van der Waals surface area contributed by atoms with E-state index in [-0.39, 0.29) is 0 Å². The maximum Gasteiger partial charge on any atom is 0.313 e. The third-order valence-electron chi connectivity index (χ3n) is 1.89. The number of hydrogen-bond donors (Lipinski definition) is 1. The van der Waals surface area contributed by atoms with Crippen LogP contribution in [0.5, 0.6) is 0 Å². The number of hydrogen-bond acceptors (Lipinski definition) is 3. The fraction of sp³-hybridized carbons (Fsp3) is 0. The van der Waals surface area contributed by atoms with Gasteiger partial charge in [-0.3, -0.25) is 9.59 Å². The lowest BCUT2D eigenvalue weighted by molar-refractivity contribution is -0.114. The summed E-state index contributed by atoms with van der Waals surface area (Å²) in [5.74, 6) is 4.22. The maximum absolute atomic E-state index is 11.4. The van der Waals surface area contributed by atoms with Gasteiger partial charge >= 0.3 is 5.91 Å². The SMILES string of the molecule is NN1C(=O)C(=O)c2c(I)cccc21. The van der Waals surface area contributed by atoms with Crippen LogP contribution in [-0.4, -0.2) is 11.7 Å². The Balaban J connectivity index is 2.73. The topological polar surface area (TPSA) is 63.4 Å². The molecule has 66 valence electrons. The Bertz CT molecular complexity index is 417. The van der Waals surface area contributed by atoms with Crippen molar-refractivity contribution in [2.45, 2.75) is 0 Å². The molecule has 1 amide bonds. The van der Waals surface area contributed by atoms with Gasteiger partial charge in [0.1, 0.15) is 0 Å². The molecule has 0 radical (unpaired) electrons. The van der Waals surface area contributed by atoms with Gasteiger partial charge in [-0.25, -0.2) is 10.9 Å². The van der Waals surface area contributed by atoms with Crippen molar-refractivity contribution in [3.8, 4) is 0 Å². The molecule has 13 heavy (non-hydrogen) atoms. The van der Waals surface area contributed by atoms with Crippen molar-refractivity contribution in [3.63, 3.8) is 0 Å². The second-order valence-corrected chi connectivity index (χ2v) is 3.80. The van der Waals surface area contributed by atoms with Crippen molar-refractivity contribution in [2.75, 3.05) is 5.01 Å². The van der Waals surface area contributed by atoms with Crippen LogP contribution >= 0.6 is 22.6 Å². The van der Waals surface area contributed by atoms with Crippen molar-refractivity contribution < 1.29 is 9.59 Å². The van der Waals surface area contributed by atoms with Gasteiger partial charge in [0.2, 0.25) is 0 Å². The highest BCUT2D eigenvalue weighted by Gasteiger charge is 2.35. The molecule has 0 fully saturated rings. The fourth-order valence-electron chi connectivity index (χ4n) is 1.26. The summed E-state index contributed by atoms with van der Waals surface area (Å²) < 4.78 is 0.751. The van der Waals surface area contributed by atoms with Gasteiger partial charge in [0.25, 0.3) is 5.78 Å². The molecular formula is C8H5IN2O2. The number of nitrogens with zero attached hydrogens (tertiary/aromatic N) is 1. The zero-order chi connectivity index (χ0) is 9.59. The number of carbonyl (C=O) groups excluding carboxylic acids is 2. The minimum Gasteiger partial charge on any atom is -0.283 e. The molecular weight excluding hydrogens is 283 g/mol. The van der Waals surface area contributed by atoms with Crippen LogP contribution in [0, 0.1) is 3.57 Å². The number of nitrogens with two attached hydrogens (primary N) is 1. The number of amides is 1. The van der Waals surface area contributed by atoms with Crippen LogP contribution in [-0.2, 0) is 4.79 Å². The van der Waals surface area contributed by atoms with Crippen molar-refractivity contribution in [2.24, 2.45) is 5.84 Å². The van der Waals surface area contributed by atoms with E-state index >= 15 is 0 Å². The lowest BCUT2D eigenvalue weighted by atomic mass is 10.1. The van der Waals surface area contributed by atoms with Crippen molar-refractivity contribution in [1.29, 1.82) is 0 Å². The van der Waals surface area contributed by atoms with Crippen LogP contribution in [0.3, 0.4) is 0 Å². The van der Waals surface area contributed by atoms with E-state index in [4.69, 9.17) is 5.84 Å².